The highest BCUT2D eigenvalue weighted by Gasteiger charge is 2.28. The Labute approximate surface area is 117 Å². The van der Waals surface area contributed by atoms with E-state index < -0.39 is 25.9 Å². The minimum absolute atomic E-state index is 0.0107. The van der Waals surface area contributed by atoms with Crippen molar-refractivity contribution in [2.24, 2.45) is 5.84 Å². The number of nitrogens with one attached hydrogen (secondary N) is 2. The first kappa shape index (κ1) is 15.2. The third kappa shape index (κ3) is 3.66. The first-order valence-corrected chi connectivity index (χ1v) is 9.28. The highest BCUT2D eigenvalue weighted by atomic mass is 32.2. The van der Waals surface area contributed by atoms with E-state index in [1.807, 2.05) is 0 Å². The van der Waals surface area contributed by atoms with Crippen LogP contribution in [0.2, 0.25) is 0 Å². The van der Waals surface area contributed by atoms with Gasteiger partial charge in [0.25, 0.3) is 0 Å². The second-order valence-electron chi connectivity index (χ2n) is 4.60. The van der Waals surface area contributed by atoms with Crippen LogP contribution in [0.25, 0.3) is 0 Å². The predicted molar refractivity (Wildman–Crippen MR) is 74.0 cm³/mol. The zero-order valence-corrected chi connectivity index (χ0v) is 12.2. The smallest absolute Gasteiger partial charge is 0.241 e. The maximum atomic E-state index is 12.2. The topological polar surface area (TPSA) is 131 Å². The van der Waals surface area contributed by atoms with Crippen LogP contribution in [-0.2, 0) is 19.9 Å². The molecule has 10 heteroatoms. The lowest BCUT2D eigenvalue weighted by Crippen LogP contribution is -2.43. The molecular formula is C10H16N4O4S2. The lowest BCUT2D eigenvalue weighted by molar-refractivity contribution is 0.517. The van der Waals surface area contributed by atoms with Gasteiger partial charge in [-0.1, -0.05) is 0 Å². The summed E-state index contributed by atoms with van der Waals surface area (Å²) in [6.07, 6.45) is 2.27. The van der Waals surface area contributed by atoms with E-state index in [2.05, 4.69) is 15.1 Å². The van der Waals surface area contributed by atoms with Gasteiger partial charge < -0.3 is 5.43 Å². The summed E-state index contributed by atoms with van der Waals surface area (Å²) in [5.74, 6) is 5.33. The van der Waals surface area contributed by atoms with Crippen molar-refractivity contribution in [3.8, 4) is 0 Å². The lowest BCUT2D eigenvalue weighted by atomic mass is 10.2. The van der Waals surface area contributed by atoms with Gasteiger partial charge in [-0.05, 0) is 18.9 Å². The van der Waals surface area contributed by atoms with Crippen LogP contribution in [0, 0.1) is 0 Å². The molecule has 0 aliphatic carbocycles. The van der Waals surface area contributed by atoms with Crippen molar-refractivity contribution in [2.45, 2.75) is 23.8 Å². The van der Waals surface area contributed by atoms with Gasteiger partial charge in [-0.3, -0.25) is 0 Å². The summed E-state index contributed by atoms with van der Waals surface area (Å²) in [5, 5.41) is 0. The second-order valence-corrected chi connectivity index (χ2v) is 8.54. The summed E-state index contributed by atoms with van der Waals surface area (Å²) in [5.41, 5.74) is 2.26. The molecule has 1 fully saturated rings. The van der Waals surface area contributed by atoms with Gasteiger partial charge in [-0.15, -0.1) is 0 Å². The van der Waals surface area contributed by atoms with Gasteiger partial charge >= 0.3 is 0 Å². The quantitative estimate of drug-likeness (QED) is 0.490. The van der Waals surface area contributed by atoms with E-state index >= 15 is 0 Å². The monoisotopic (exact) mass is 320 g/mol. The summed E-state index contributed by atoms with van der Waals surface area (Å²) in [4.78, 5) is 3.81. The third-order valence-electron chi connectivity index (χ3n) is 2.97. The maximum absolute atomic E-state index is 12.2. The molecule has 1 unspecified atom stereocenters. The van der Waals surface area contributed by atoms with Crippen molar-refractivity contribution in [1.29, 1.82) is 0 Å². The van der Waals surface area contributed by atoms with Gasteiger partial charge in [0.2, 0.25) is 10.0 Å². The van der Waals surface area contributed by atoms with Crippen LogP contribution in [0.3, 0.4) is 0 Å². The molecule has 1 aliphatic heterocycles. The Morgan fingerprint density at radius 3 is 2.80 bits per heavy atom. The Balaban J connectivity index is 2.18. The molecule has 0 amide bonds. The number of hydrogen-bond donors (Lipinski definition) is 3. The summed E-state index contributed by atoms with van der Waals surface area (Å²) in [6, 6.07) is 2.00. The molecule has 112 valence electrons. The Hall–Kier alpha value is -1.23. The van der Waals surface area contributed by atoms with Crippen molar-refractivity contribution >= 4 is 25.7 Å². The van der Waals surface area contributed by atoms with Gasteiger partial charge in [0.05, 0.1) is 16.4 Å². The summed E-state index contributed by atoms with van der Waals surface area (Å²) < 4.78 is 49.8. The average Bonchev–Trinajstić information content (AvgIpc) is 2.37. The number of hydrogen-bond acceptors (Lipinski definition) is 7. The van der Waals surface area contributed by atoms with E-state index in [-0.39, 0.29) is 22.2 Å². The molecule has 0 aromatic carbocycles. The number of pyridine rings is 1. The van der Waals surface area contributed by atoms with E-state index in [0.717, 1.165) is 0 Å². The van der Waals surface area contributed by atoms with Crippen LogP contribution >= 0.6 is 0 Å². The number of anilines is 1. The minimum Gasteiger partial charge on any atom is -0.308 e. The molecule has 1 atom stereocenters. The molecule has 0 bridgehead atoms. The van der Waals surface area contributed by atoms with Crippen LogP contribution in [-0.4, -0.2) is 39.4 Å². The number of nitrogen functional groups attached to an aromatic ring is 1. The van der Waals surface area contributed by atoms with Crippen molar-refractivity contribution < 1.29 is 16.8 Å². The Bertz CT molecular complexity index is 687. The Kier molecular flexibility index (Phi) is 4.28. The zero-order chi connectivity index (χ0) is 14.8. The number of sulfonamides is 1. The average molecular weight is 320 g/mol. The molecule has 2 rings (SSSR count). The van der Waals surface area contributed by atoms with Crippen LogP contribution < -0.4 is 16.0 Å². The molecule has 1 saturated heterocycles. The molecule has 2 heterocycles. The van der Waals surface area contributed by atoms with Crippen molar-refractivity contribution in [2.75, 3.05) is 16.9 Å². The lowest BCUT2D eigenvalue weighted by Gasteiger charge is -2.22. The molecule has 4 N–H and O–H groups in total. The SMILES string of the molecule is NNc1cc(S(=O)(=O)NC2CCCS(=O)(=O)C2)ccn1. The van der Waals surface area contributed by atoms with Gasteiger partial charge in [0.15, 0.2) is 9.84 Å². The minimum atomic E-state index is -3.79. The van der Waals surface area contributed by atoms with Crippen LogP contribution in [0.5, 0.6) is 0 Å². The third-order valence-corrected chi connectivity index (χ3v) is 6.31. The first-order chi connectivity index (χ1) is 9.32. The molecule has 0 saturated carbocycles. The van der Waals surface area contributed by atoms with E-state index in [0.29, 0.717) is 12.8 Å². The molecule has 1 aromatic heterocycles. The first-order valence-electron chi connectivity index (χ1n) is 5.98. The predicted octanol–water partition coefficient (Wildman–Crippen LogP) is -0.777. The molecular weight excluding hydrogens is 304 g/mol. The largest absolute Gasteiger partial charge is 0.308 e. The summed E-state index contributed by atoms with van der Waals surface area (Å²) >= 11 is 0. The number of hydrazine groups is 1. The Morgan fingerprint density at radius 1 is 1.40 bits per heavy atom. The van der Waals surface area contributed by atoms with Gasteiger partial charge in [0.1, 0.15) is 5.82 Å². The molecule has 0 spiro atoms. The highest BCUT2D eigenvalue weighted by molar-refractivity contribution is 7.91. The van der Waals surface area contributed by atoms with Crippen LogP contribution in [0.15, 0.2) is 23.2 Å². The molecule has 8 nitrogen and oxygen atoms in total. The summed E-state index contributed by atoms with van der Waals surface area (Å²) in [6.45, 7) is 0. The maximum Gasteiger partial charge on any atom is 0.241 e. The second kappa shape index (κ2) is 5.64. The Morgan fingerprint density at radius 2 is 2.15 bits per heavy atom. The number of sulfone groups is 1. The zero-order valence-electron chi connectivity index (χ0n) is 10.6. The van der Waals surface area contributed by atoms with Crippen molar-refractivity contribution in [1.82, 2.24) is 9.71 Å². The fourth-order valence-electron chi connectivity index (χ4n) is 2.06. The fraction of sp³-hybridized carbons (Fsp3) is 0.500. The fourth-order valence-corrected chi connectivity index (χ4v) is 5.09. The van der Waals surface area contributed by atoms with E-state index in [1.165, 1.54) is 18.3 Å². The number of aromatic nitrogens is 1. The van der Waals surface area contributed by atoms with Gasteiger partial charge in [0, 0.05) is 18.3 Å². The van der Waals surface area contributed by atoms with Crippen molar-refractivity contribution in [3.63, 3.8) is 0 Å². The van der Waals surface area contributed by atoms with E-state index in [4.69, 9.17) is 5.84 Å². The summed E-state index contributed by atoms with van der Waals surface area (Å²) in [7, 11) is -6.96. The van der Waals surface area contributed by atoms with E-state index in [1.54, 1.807) is 0 Å². The highest BCUT2D eigenvalue weighted by Crippen LogP contribution is 2.17. The standard InChI is InChI=1S/C10H16N4O4S2/c11-13-10-6-9(3-4-12-10)20(17,18)14-8-2-1-5-19(15,16)7-8/h3-4,6,8,14H,1-2,5,7,11H2,(H,12,13). The normalized spacial score (nSPS) is 22.4. The van der Waals surface area contributed by atoms with Crippen LogP contribution in [0.1, 0.15) is 12.8 Å². The molecule has 20 heavy (non-hydrogen) atoms. The van der Waals surface area contributed by atoms with Gasteiger partial charge in [-0.2, -0.15) is 0 Å². The van der Waals surface area contributed by atoms with Crippen molar-refractivity contribution in [3.05, 3.63) is 18.3 Å². The molecule has 1 aromatic rings. The molecule has 1 aliphatic rings. The number of nitrogens with two attached hydrogens (primary N) is 1. The van der Waals surface area contributed by atoms with E-state index in [9.17, 15) is 16.8 Å². The van der Waals surface area contributed by atoms with Gasteiger partial charge in [-0.25, -0.2) is 32.4 Å². The number of nitrogens with zero attached hydrogens (tertiary/aromatic N) is 1. The number of rotatable bonds is 4. The van der Waals surface area contributed by atoms with Crippen LogP contribution in [0.4, 0.5) is 5.82 Å². The molecule has 0 radical (unpaired) electrons.